The van der Waals surface area contributed by atoms with E-state index in [4.69, 9.17) is 11.0 Å². The van der Waals surface area contributed by atoms with E-state index < -0.39 is 17.7 Å². The lowest BCUT2D eigenvalue weighted by atomic mass is 9.96. The summed E-state index contributed by atoms with van der Waals surface area (Å²) in [5.74, 6) is -3.30. The van der Waals surface area contributed by atoms with Crippen LogP contribution >= 0.6 is 11.3 Å². The molecule has 2 N–H and O–H groups in total. The van der Waals surface area contributed by atoms with E-state index in [0.717, 1.165) is 17.5 Å². The third-order valence-electron chi connectivity index (χ3n) is 4.13. The van der Waals surface area contributed by atoms with Gasteiger partial charge in [0.1, 0.15) is 17.9 Å². The summed E-state index contributed by atoms with van der Waals surface area (Å²) in [6.07, 6.45) is 2.33. The van der Waals surface area contributed by atoms with Gasteiger partial charge in [-0.1, -0.05) is 12.1 Å². The molecule has 4 rings (SSSR count). The van der Waals surface area contributed by atoms with Gasteiger partial charge in [-0.15, -0.1) is 11.3 Å². The first-order chi connectivity index (χ1) is 12.5. The Hall–Kier alpha value is -3.18. The maximum atomic E-state index is 15.0. The zero-order valence-corrected chi connectivity index (χ0v) is 14.0. The van der Waals surface area contributed by atoms with Crippen molar-refractivity contribution in [1.29, 1.82) is 5.26 Å². The zero-order valence-electron chi connectivity index (χ0n) is 13.2. The van der Waals surface area contributed by atoms with Gasteiger partial charge >= 0.3 is 5.92 Å². The third-order valence-corrected chi connectivity index (χ3v) is 5.11. The Labute approximate surface area is 151 Å². The number of nitriles is 1. The molecule has 1 aliphatic rings. The van der Waals surface area contributed by atoms with Crippen LogP contribution in [0.3, 0.4) is 0 Å². The van der Waals surface area contributed by atoms with Crippen LogP contribution < -0.4 is 5.73 Å². The number of thiophene rings is 1. The van der Waals surface area contributed by atoms with Crippen LogP contribution in [0.5, 0.6) is 0 Å². The summed E-state index contributed by atoms with van der Waals surface area (Å²) >= 11 is 1.17. The largest absolute Gasteiger partial charge is 0.383 e. The lowest BCUT2D eigenvalue weighted by Gasteiger charge is -2.28. The number of halogens is 2. The highest BCUT2D eigenvalue weighted by Crippen LogP contribution is 2.48. The predicted molar refractivity (Wildman–Crippen MR) is 93.9 cm³/mol. The van der Waals surface area contributed by atoms with Crippen LogP contribution in [0.1, 0.15) is 27.7 Å². The second-order valence-corrected chi connectivity index (χ2v) is 6.70. The summed E-state index contributed by atoms with van der Waals surface area (Å²) in [6.45, 7) is 0. The average molecular weight is 367 g/mol. The first kappa shape index (κ1) is 16.3. The normalized spacial score (nSPS) is 17.9. The Morgan fingerprint density at radius 1 is 1.23 bits per heavy atom. The van der Waals surface area contributed by atoms with Gasteiger partial charge in [-0.05, 0) is 34.7 Å². The molecule has 0 fully saturated rings. The number of amidine groups is 1. The summed E-state index contributed by atoms with van der Waals surface area (Å²) < 4.78 is 29.9. The standard InChI is InChI=1S/C18H11F2N5S/c19-18(20)15-13(7-23-9-24-15)17(22)25-16(18)14-5-12(8-26-14)11-3-1-2-10(4-11)6-21/h1-5,7-9,16H,(H2,22,25). The molecule has 3 heterocycles. The van der Waals surface area contributed by atoms with Crippen LogP contribution in [-0.2, 0) is 5.92 Å². The number of fused-ring (bicyclic) bond motifs is 1. The minimum absolute atomic E-state index is 0.00190. The fourth-order valence-electron chi connectivity index (χ4n) is 2.86. The van der Waals surface area contributed by atoms with E-state index >= 15 is 0 Å². The second-order valence-electron chi connectivity index (χ2n) is 5.76. The van der Waals surface area contributed by atoms with Crippen LogP contribution in [-0.4, -0.2) is 15.8 Å². The molecule has 5 nitrogen and oxygen atoms in total. The zero-order chi connectivity index (χ0) is 18.3. The fourth-order valence-corrected chi connectivity index (χ4v) is 3.85. The molecule has 2 aromatic heterocycles. The highest BCUT2D eigenvalue weighted by molar-refractivity contribution is 7.10. The van der Waals surface area contributed by atoms with Crippen molar-refractivity contribution >= 4 is 17.2 Å². The van der Waals surface area contributed by atoms with E-state index in [9.17, 15) is 8.78 Å². The van der Waals surface area contributed by atoms with Gasteiger partial charge in [-0.2, -0.15) is 14.0 Å². The van der Waals surface area contributed by atoms with Crippen molar-refractivity contribution in [3.63, 3.8) is 0 Å². The maximum Gasteiger partial charge on any atom is 0.317 e. The van der Waals surface area contributed by atoms with E-state index in [-0.39, 0.29) is 11.4 Å². The molecule has 0 saturated heterocycles. The number of nitrogens with zero attached hydrogens (tertiary/aromatic N) is 4. The summed E-state index contributed by atoms with van der Waals surface area (Å²) in [6, 6.07) is 9.26. The molecule has 128 valence electrons. The Bertz CT molecular complexity index is 1070. The fraction of sp³-hybridized carbons (Fsp3) is 0.111. The van der Waals surface area contributed by atoms with Gasteiger partial charge < -0.3 is 5.73 Å². The van der Waals surface area contributed by atoms with Crippen LogP contribution in [0.25, 0.3) is 11.1 Å². The van der Waals surface area contributed by atoms with Gasteiger partial charge in [0, 0.05) is 11.1 Å². The van der Waals surface area contributed by atoms with Crippen LogP contribution in [0.4, 0.5) is 8.78 Å². The number of hydrogen-bond acceptors (Lipinski definition) is 6. The summed E-state index contributed by atoms with van der Waals surface area (Å²) in [4.78, 5) is 11.9. The number of alkyl halides is 2. The molecular formula is C18H11F2N5S. The molecule has 0 saturated carbocycles. The van der Waals surface area contributed by atoms with Crippen molar-refractivity contribution in [3.05, 3.63) is 69.9 Å². The van der Waals surface area contributed by atoms with Crippen LogP contribution in [0.2, 0.25) is 0 Å². The number of aromatic nitrogens is 2. The molecule has 1 aromatic carbocycles. The van der Waals surface area contributed by atoms with Gasteiger partial charge in [0.25, 0.3) is 0 Å². The van der Waals surface area contributed by atoms with Crippen LogP contribution in [0.15, 0.2) is 53.2 Å². The molecule has 1 unspecified atom stereocenters. The van der Waals surface area contributed by atoms with E-state index in [1.165, 1.54) is 17.5 Å². The third kappa shape index (κ3) is 2.53. The van der Waals surface area contributed by atoms with Crippen LogP contribution in [0, 0.1) is 11.3 Å². The molecular weight excluding hydrogens is 356 g/mol. The first-order valence-corrected chi connectivity index (χ1v) is 8.49. The van der Waals surface area contributed by atoms with Gasteiger partial charge in [0.15, 0.2) is 6.04 Å². The van der Waals surface area contributed by atoms with Crippen molar-refractivity contribution < 1.29 is 8.78 Å². The minimum atomic E-state index is -3.29. The summed E-state index contributed by atoms with van der Waals surface area (Å²) in [5, 5.41) is 10.8. The monoisotopic (exact) mass is 367 g/mol. The topological polar surface area (TPSA) is 88.0 Å². The summed E-state index contributed by atoms with van der Waals surface area (Å²) in [7, 11) is 0. The summed E-state index contributed by atoms with van der Waals surface area (Å²) in [5.41, 5.74) is 7.55. The van der Waals surface area contributed by atoms with Gasteiger partial charge in [-0.3, -0.25) is 4.99 Å². The molecule has 8 heteroatoms. The molecule has 0 spiro atoms. The number of hydrogen-bond donors (Lipinski definition) is 1. The minimum Gasteiger partial charge on any atom is -0.383 e. The quantitative estimate of drug-likeness (QED) is 0.749. The van der Waals surface area contributed by atoms with E-state index in [0.29, 0.717) is 10.4 Å². The predicted octanol–water partition coefficient (Wildman–Crippen LogP) is 3.63. The highest BCUT2D eigenvalue weighted by Gasteiger charge is 2.49. The molecule has 1 aliphatic heterocycles. The van der Waals surface area contributed by atoms with Gasteiger partial charge in [0.2, 0.25) is 0 Å². The smallest absolute Gasteiger partial charge is 0.317 e. The number of nitrogens with two attached hydrogens (primary N) is 1. The SMILES string of the molecule is N#Cc1cccc(-c2csc(C3N=C(N)c4cncnc4C3(F)F)c2)c1. The van der Waals surface area contributed by atoms with E-state index in [1.807, 2.05) is 6.07 Å². The maximum absolute atomic E-state index is 15.0. The van der Waals surface area contributed by atoms with Crippen molar-refractivity contribution in [2.45, 2.75) is 12.0 Å². The molecule has 0 aliphatic carbocycles. The Morgan fingerprint density at radius 2 is 2.08 bits per heavy atom. The number of rotatable bonds is 2. The van der Waals surface area contributed by atoms with Crippen molar-refractivity contribution in [2.24, 2.45) is 10.7 Å². The first-order valence-electron chi connectivity index (χ1n) is 7.61. The molecule has 26 heavy (non-hydrogen) atoms. The lowest BCUT2D eigenvalue weighted by molar-refractivity contribution is -0.0371. The lowest BCUT2D eigenvalue weighted by Crippen LogP contribution is -2.34. The highest BCUT2D eigenvalue weighted by atomic mass is 32.1. The number of benzene rings is 1. The van der Waals surface area contributed by atoms with E-state index in [2.05, 4.69) is 21.0 Å². The Kier molecular flexibility index (Phi) is 3.74. The number of aliphatic imine (C=N–C) groups is 1. The second kappa shape index (κ2) is 5.97. The molecule has 0 radical (unpaired) electrons. The molecule has 0 amide bonds. The molecule has 0 bridgehead atoms. The Balaban J connectivity index is 1.76. The van der Waals surface area contributed by atoms with Crippen molar-refractivity contribution in [1.82, 2.24) is 9.97 Å². The molecule has 1 atom stereocenters. The Morgan fingerprint density at radius 3 is 2.88 bits per heavy atom. The van der Waals surface area contributed by atoms with Gasteiger partial charge in [0.05, 0.1) is 17.2 Å². The molecule has 3 aromatic rings. The average Bonchev–Trinajstić information content (AvgIpc) is 3.15. The van der Waals surface area contributed by atoms with Crippen molar-refractivity contribution in [2.75, 3.05) is 0 Å². The van der Waals surface area contributed by atoms with Gasteiger partial charge in [-0.25, -0.2) is 9.97 Å². The van der Waals surface area contributed by atoms with Crippen molar-refractivity contribution in [3.8, 4) is 17.2 Å². The van der Waals surface area contributed by atoms with E-state index in [1.54, 1.807) is 29.6 Å².